The fraction of sp³-hybridized carbons (Fsp3) is 0.296. The number of rotatable bonds is 11. The van der Waals surface area contributed by atoms with Crippen molar-refractivity contribution in [3.63, 3.8) is 0 Å². The SMILES string of the molecule is CCN(CC)C(CNC(=O)c1ccc(S(=O)(=O)N(C)c2ccccc2OC)cc1)c1ccccc1. The summed E-state index contributed by atoms with van der Waals surface area (Å²) in [7, 11) is -0.860. The van der Waals surface area contributed by atoms with E-state index in [2.05, 4.69) is 36.2 Å². The molecule has 1 atom stereocenters. The number of benzene rings is 3. The molecule has 3 aromatic carbocycles. The van der Waals surface area contributed by atoms with E-state index in [0.29, 0.717) is 23.5 Å². The number of sulfonamides is 1. The second-order valence-corrected chi connectivity index (χ2v) is 10.00. The van der Waals surface area contributed by atoms with Gasteiger partial charge in [0.05, 0.1) is 23.7 Å². The summed E-state index contributed by atoms with van der Waals surface area (Å²) in [6, 6.07) is 23.0. The maximum Gasteiger partial charge on any atom is 0.264 e. The van der Waals surface area contributed by atoms with Crippen molar-refractivity contribution in [3.05, 3.63) is 90.0 Å². The lowest BCUT2D eigenvalue weighted by Gasteiger charge is -2.30. The average Bonchev–Trinajstić information content (AvgIpc) is 2.90. The van der Waals surface area contributed by atoms with E-state index in [-0.39, 0.29) is 16.8 Å². The largest absolute Gasteiger partial charge is 0.495 e. The molecule has 0 saturated heterocycles. The lowest BCUT2D eigenvalue weighted by atomic mass is 10.0. The van der Waals surface area contributed by atoms with Gasteiger partial charge in [-0.25, -0.2) is 8.42 Å². The van der Waals surface area contributed by atoms with Gasteiger partial charge in [0.15, 0.2) is 0 Å². The molecule has 1 amide bonds. The first-order valence-corrected chi connectivity index (χ1v) is 13.1. The molecule has 8 heteroatoms. The fourth-order valence-electron chi connectivity index (χ4n) is 4.04. The van der Waals surface area contributed by atoms with Crippen molar-refractivity contribution in [1.82, 2.24) is 10.2 Å². The number of ether oxygens (including phenoxy) is 1. The molecule has 0 fully saturated rings. The van der Waals surface area contributed by atoms with Crippen LogP contribution in [0.4, 0.5) is 5.69 Å². The molecule has 1 unspecified atom stereocenters. The minimum Gasteiger partial charge on any atom is -0.495 e. The number of hydrogen-bond acceptors (Lipinski definition) is 5. The van der Waals surface area contributed by atoms with Crippen LogP contribution >= 0.6 is 0 Å². The van der Waals surface area contributed by atoms with E-state index in [9.17, 15) is 13.2 Å². The van der Waals surface area contributed by atoms with Crippen LogP contribution in [0.25, 0.3) is 0 Å². The number of hydrogen-bond donors (Lipinski definition) is 1. The zero-order chi connectivity index (χ0) is 25.4. The smallest absolute Gasteiger partial charge is 0.264 e. The van der Waals surface area contributed by atoms with Gasteiger partial charge in [-0.1, -0.05) is 56.3 Å². The number of methoxy groups -OCH3 is 1. The van der Waals surface area contributed by atoms with Gasteiger partial charge in [-0.2, -0.15) is 0 Å². The summed E-state index contributed by atoms with van der Waals surface area (Å²) in [5.41, 5.74) is 1.97. The van der Waals surface area contributed by atoms with Crippen molar-refractivity contribution >= 4 is 21.6 Å². The summed E-state index contributed by atoms with van der Waals surface area (Å²) >= 11 is 0. The Hall–Kier alpha value is -3.36. The Labute approximate surface area is 208 Å². The quantitative estimate of drug-likeness (QED) is 0.428. The molecule has 0 aromatic heterocycles. The van der Waals surface area contributed by atoms with Crippen molar-refractivity contribution in [1.29, 1.82) is 0 Å². The van der Waals surface area contributed by atoms with E-state index in [0.717, 1.165) is 18.7 Å². The van der Waals surface area contributed by atoms with Crippen LogP contribution in [0.2, 0.25) is 0 Å². The second-order valence-electron chi connectivity index (χ2n) is 8.03. The van der Waals surface area contributed by atoms with Crippen LogP contribution in [0.1, 0.15) is 35.8 Å². The van der Waals surface area contributed by atoms with Crippen molar-refractivity contribution in [2.45, 2.75) is 24.8 Å². The number of amides is 1. The number of nitrogens with one attached hydrogen (secondary N) is 1. The highest BCUT2D eigenvalue weighted by molar-refractivity contribution is 7.92. The number of anilines is 1. The molecule has 0 bridgehead atoms. The zero-order valence-corrected chi connectivity index (χ0v) is 21.5. The van der Waals surface area contributed by atoms with Gasteiger partial charge in [-0.15, -0.1) is 0 Å². The first kappa shape index (κ1) is 26.2. The van der Waals surface area contributed by atoms with Crippen LogP contribution < -0.4 is 14.4 Å². The third-order valence-electron chi connectivity index (χ3n) is 6.09. The van der Waals surface area contributed by atoms with Crippen molar-refractivity contribution < 1.29 is 17.9 Å². The Kier molecular flexibility index (Phi) is 8.89. The molecule has 7 nitrogen and oxygen atoms in total. The van der Waals surface area contributed by atoms with Crippen molar-refractivity contribution in [3.8, 4) is 5.75 Å². The third-order valence-corrected chi connectivity index (χ3v) is 7.88. The molecular weight excluding hydrogens is 462 g/mol. The molecule has 35 heavy (non-hydrogen) atoms. The fourth-order valence-corrected chi connectivity index (χ4v) is 5.25. The van der Waals surface area contributed by atoms with Crippen LogP contribution in [0, 0.1) is 0 Å². The summed E-state index contributed by atoms with van der Waals surface area (Å²) in [5.74, 6) is 0.205. The monoisotopic (exact) mass is 495 g/mol. The Morgan fingerprint density at radius 3 is 2.11 bits per heavy atom. The van der Waals surface area contributed by atoms with Crippen LogP contribution in [0.3, 0.4) is 0 Å². The average molecular weight is 496 g/mol. The molecule has 186 valence electrons. The maximum atomic E-state index is 13.2. The van der Waals surface area contributed by atoms with E-state index >= 15 is 0 Å². The van der Waals surface area contributed by atoms with E-state index in [1.807, 2.05) is 18.2 Å². The maximum absolute atomic E-state index is 13.2. The number of nitrogens with zero attached hydrogens (tertiary/aromatic N) is 2. The molecule has 3 rings (SSSR count). The molecule has 0 radical (unpaired) electrons. The highest BCUT2D eigenvalue weighted by Gasteiger charge is 2.24. The molecule has 1 N–H and O–H groups in total. The molecule has 0 heterocycles. The number of para-hydroxylation sites is 2. The molecule has 0 aliphatic carbocycles. The number of carbonyl (C=O) groups excluding carboxylic acids is 1. The van der Waals surface area contributed by atoms with Gasteiger partial charge in [-0.05, 0) is 55.1 Å². The van der Waals surface area contributed by atoms with Crippen molar-refractivity contribution in [2.24, 2.45) is 0 Å². The van der Waals surface area contributed by atoms with Gasteiger partial charge in [0.25, 0.3) is 15.9 Å². The molecule has 0 spiro atoms. The van der Waals surface area contributed by atoms with E-state index in [4.69, 9.17) is 4.74 Å². The van der Waals surface area contributed by atoms with Gasteiger partial charge >= 0.3 is 0 Å². The topological polar surface area (TPSA) is 79.0 Å². The number of carbonyl (C=O) groups is 1. The van der Waals surface area contributed by atoms with Gasteiger partial charge < -0.3 is 10.1 Å². The Morgan fingerprint density at radius 1 is 0.914 bits per heavy atom. The van der Waals surface area contributed by atoms with Crippen LogP contribution in [0.5, 0.6) is 5.75 Å². The van der Waals surface area contributed by atoms with E-state index < -0.39 is 10.0 Å². The predicted molar refractivity (Wildman–Crippen MR) is 139 cm³/mol. The minimum absolute atomic E-state index is 0.0457. The summed E-state index contributed by atoms with van der Waals surface area (Å²) in [5, 5.41) is 3.01. The van der Waals surface area contributed by atoms with E-state index in [1.165, 1.54) is 42.7 Å². The minimum atomic E-state index is -3.83. The normalized spacial score (nSPS) is 12.3. The number of likely N-dealkylation sites (N-methyl/N-ethyl adjacent to an activating group) is 1. The highest BCUT2D eigenvalue weighted by Crippen LogP contribution is 2.31. The van der Waals surface area contributed by atoms with Gasteiger partial charge in [0.1, 0.15) is 5.75 Å². The predicted octanol–water partition coefficient (Wildman–Crippen LogP) is 4.33. The lowest BCUT2D eigenvalue weighted by molar-refractivity contribution is 0.0935. The summed E-state index contributed by atoms with van der Waals surface area (Å²) in [6.07, 6.45) is 0. The zero-order valence-electron chi connectivity index (χ0n) is 20.6. The Bertz CT molecular complexity index is 1210. The molecule has 0 saturated carbocycles. The molecule has 0 aliphatic heterocycles. The Morgan fingerprint density at radius 2 is 1.51 bits per heavy atom. The van der Waals surface area contributed by atoms with E-state index in [1.54, 1.807) is 24.3 Å². The molecule has 3 aromatic rings. The van der Waals surface area contributed by atoms with Crippen LogP contribution in [-0.2, 0) is 10.0 Å². The Balaban J connectivity index is 1.74. The summed E-state index contributed by atoms with van der Waals surface area (Å²) in [6.45, 7) is 6.36. The van der Waals surface area contributed by atoms with Gasteiger partial charge in [0, 0.05) is 19.2 Å². The van der Waals surface area contributed by atoms with Crippen LogP contribution in [0.15, 0.2) is 83.8 Å². The summed E-state index contributed by atoms with van der Waals surface area (Å²) < 4.78 is 32.8. The van der Waals surface area contributed by atoms with Crippen LogP contribution in [-0.4, -0.2) is 53.0 Å². The standard InChI is InChI=1S/C27H33N3O4S/c1-5-30(6-2)25(21-12-8-7-9-13-21)20-28-27(31)22-16-18-23(19-17-22)35(32,33)29(3)24-14-10-11-15-26(24)34-4/h7-19,25H,5-6,20H2,1-4H3,(H,28,31). The molecular formula is C27H33N3O4S. The first-order valence-electron chi connectivity index (χ1n) is 11.6. The third kappa shape index (κ3) is 6.01. The second kappa shape index (κ2) is 11.9. The van der Waals surface area contributed by atoms with Gasteiger partial charge in [-0.3, -0.25) is 14.0 Å². The van der Waals surface area contributed by atoms with Crippen molar-refractivity contribution in [2.75, 3.05) is 38.1 Å². The highest BCUT2D eigenvalue weighted by atomic mass is 32.2. The lowest BCUT2D eigenvalue weighted by Crippen LogP contribution is -2.38. The first-order chi connectivity index (χ1) is 16.8. The van der Waals surface area contributed by atoms with Gasteiger partial charge in [0.2, 0.25) is 0 Å². The molecule has 0 aliphatic rings. The summed E-state index contributed by atoms with van der Waals surface area (Å²) in [4.78, 5) is 15.3.